The van der Waals surface area contributed by atoms with Gasteiger partial charge in [0.2, 0.25) is 0 Å². The third-order valence-electron chi connectivity index (χ3n) is 6.85. The maximum absolute atomic E-state index is 13.4. The number of aryl methyl sites for hydroxylation is 2. The van der Waals surface area contributed by atoms with Crippen molar-refractivity contribution in [3.63, 3.8) is 0 Å². The number of H-pyrrole nitrogens is 1. The Morgan fingerprint density at radius 2 is 1.84 bits per heavy atom. The van der Waals surface area contributed by atoms with E-state index in [1.807, 2.05) is 43.0 Å². The molecule has 0 spiro atoms. The largest absolute Gasteiger partial charge is 0.358 e. The lowest BCUT2D eigenvalue weighted by molar-refractivity contribution is -0.110. The molecule has 0 saturated carbocycles. The molecule has 1 aromatic heterocycles. The van der Waals surface area contributed by atoms with Crippen LogP contribution < -0.4 is 5.32 Å². The molecule has 2 N–H and O–H groups in total. The summed E-state index contributed by atoms with van der Waals surface area (Å²) in [5.74, 6) is 0.0283. The van der Waals surface area contributed by atoms with Gasteiger partial charge in [0, 0.05) is 42.3 Å². The zero-order chi connectivity index (χ0) is 21.5. The fourth-order valence-electron chi connectivity index (χ4n) is 5.08. The van der Waals surface area contributed by atoms with E-state index in [1.54, 1.807) is 0 Å². The first-order valence-corrected chi connectivity index (χ1v) is 11.4. The number of carbonyl (C=O) groups excluding carboxylic acids is 2. The summed E-state index contributed by atoms with van der Waals surface area (Å²) in [4.78, 5) is 34.0. The third-order valence-corrected chi connectivity index (χ3v) is 6.85. The minimum Gasteiger partial charge on any atom is -0.358 e. The van der Waals surface area contributed by atoms with Crippen LogP contribution in [0.2, 0.25) is 0 Å². The number of rotatable bonds is 4. The summed E-state index contributed by atoms with van der Waals surface area (Å²) < 4.78 is 0. The van der Waals surface area contributed by atoms with Gasteiger partial charge in [-0.05, 0) is 76.4 Å². The number of hydrogen-bond donors (Lipinski definition) is 2. The van der Waals surface area contributed by atoms with Crippen molar-refractivity contribution in [1.82, 2.24) is 14.8 Å². The van der Waals surface area contributed by atoms with Crippen molar-refractivity contribution in [2.24, 2.45) is 0 Å². The van der Waals surface area contributed by atoms with Crippen molar-refractivity contribution < 1.29 is 9.59 Å². The minimum absolute atomic E-state index is 0.0941. The molecule has 0 bridgehead atoms. The number of likely N-dealkylation sites (tertiary alicyclic amines) is 1. The van der Waals surface area contributed by atoms with Gasteiger partial charge in [-0.15, -0.1) is 0 Å². The van der Waals surface area contributed by atoms with E-state index in [4.69, 9.17) is 0 Å². The normalized spacial score (nSPS) is 20.2. The Morgan fingerprint density at radius 1 is 1.03 bits per heavy atom. The van der Waals surface area contributed by atoms with E-state index < -0.39 is 0 Å². The number of hydrogen-bond acceptors (Lipinski definition) is 3. The monoisotopic (exact) mass is 418 g/mol. The van der Waals surface area contributed by atoms with Crippen molar-refractivity contribution in [3.8, 4) is 0 Å². The molecule has 0 aliphatic carbocycles. The van der Waals surface area contributed by atoms with Gasteiger partial charge in [-0.3, -0.25) is 9.59 Å². The maximum atomic E-state index is 13.4. The molecule has 3 aliphatic heterocycles. The lowest BCUT2D eigenvalue weighted by Gasteiger charge is -2.24. The quantitative estimate of drug-likeness (QED) is 0.746. The second-order valence-corrected chi connectivity index (χ2v) is 9.02. The highest BCUT2D eigenvalue weighted by Gasteiger charge is 2.29. The Balaban J connectivity index is 1.44. The predicted octanol–water partition coefficient (Wildman–Crippen LogP) is 3.61. The number of benzene rings is 1. The molecule has 3 aliphatic rings. The van der Waals surface area contributed by atoms with Crippen LogP contribution in [0.4, 0.5) is 5.69 Å². The second kappa shape index (κ2) is 8.00. The van der Waals surface area contributed by atoms with E-state index in [1.165, 1.54) is 12.8 Å². The van der Waals surface area contributed by atoms with Gasteiger partial charge >= 0.3 is 0 Å². The Bertz CT molecular complexity index is 1080. The molecule has 6 heteroatoms. The highest BCUT2D eigenvalue weighted by atomic mass is 16.2. The van der Waals surface area contributed by atoms with Gasteiger partial charge in [0.15, 0.2) is 0 Å². The molecule has 1 fully saturated rings. The molecule has 162 valence electrons. The molecule has 0 atom stereocenters. The Labute approximate surface area is 183 Å². The summed E-state index contributed by atoms with van der Waals surface area (Å²) in [5.41, 5.74) is 7.13. The Hall–Kier alpha value is -2.86. The van der Waals surface area contributed by atoms with E-state index >= 15 is 0 Å². The summed E-state index contributed by atoms with van der Waals surface area (Å²) >= 11 is 0. The van der Waals surface area contributed by atoms with Crippen LogP contribution in [0, 0.1) is 13.8 Å². The number of fused-ring (bicyclic) bond motifs is 2. The lowest BCUT2D eigenvalue weighted by atomic mass is 10.0. The van der Waals surface area contributed by atoms with Crippen LogP contribution >= 0.6 is 0 Å². The van der Waals surface area contributed by atoms with E-state index in [0.717, 1.165) is 84.9 Å². The molecular weight excluding hydrogens is 388 g/mol. The fourth-order valence-corrected chi connectivity index (χ4v) is 5.08. The molecule has 5 rings (SSSR count). The molecular formula is C25H30N4O2. The van der Waals surface area contributed by atoms with Crippen LogP contribution in [0.5, 0.6) is 0 Å². The van der Waals surface area contributed by atoms with E-state index in [2.05, 4.69) is 15.2 Å². The number of nitrogens with zero attached hydrogens (tertiary/aromatic N) is 2. The van der Waals surface area contributed by atoms with Crippen molar-refractivity contribution in [2.75, 3.05) is 38.0 Å². The van der Waals surface area contributed by atoms with Crippen molar-refractivity contribution in [3.05, 3.63) is 51.8 Å². The van der Waals surface area contributed by atoms with Crippen LogP contribution in [0.15, 0.2) is 18.2 Å². The highest BCUT2D eigenvalue weighted by molar-refractivity contribution is 6.35. The first-order valence-electron chi connectivity index (χ1n) is 11.4. The van der Waals surface area contributed by atoms with Gasteiger partial charge in [-0.2, -0.15) is 0 Å². The topological polar surface area (TPSA) is 68.4 Å². The molecule has 31 heavy (non-hydrogen) atoms. The third kappa shape index (κ3) is 3.69. The average Bonchev–Trinajstić information content (AvgIpc) is 3.41. The molecule has 0 unspecified atom stereocenters. The molecule has 1 saturated heterocycles. The average molecular weight is 419 g/mol. The van der Waals surface area contributed by atoms with Gasteiger partial charge in [0.1, 0.15) is 0 Å². The van der Waals surface area contributed by atoms with Gasteiger partial charge in [-0.1, -0.05) is 11.6 Å². The number of aromatic amines is 1. The molecule has 0 radical (unpaired) electrons. The number of anilines is 1. The SMILES string of the molecule is Cc1ccc2c(c1)/C(=C/c1[nH]c3c(c1C)C(=O)N(CCN1CCCC1)CCC3)C(=O)N2. The van der Waals surface area contributed by atoms with Crippen LogP contribution in [0.25, 0.3) is 11.6 Å². The zero-order valence-corrected chi connectivity index (χ0v) is 18.4. The smallest absolute Gasteiger partial charge is 0.256 e. The first kappa shape index (κ1) is 20.1. The lowest BCUT2D eigenvalue weighted by Crippen LogP contribution is -2.38. The molecule has 6 nitrogen and oxygen atoms in total. The molecule has 2 aromatic rings. The maximum Gasteiger partial charge on any atom is 0.256 e. The number of aromatic nitrogens is 1. The van der Waals surface area contributed by atoms with Crippen LogP contribution in [-0.4, -0.2) is 59.3 Å². The van der Waals surface area contributed by atoms with Gasteiger partial charge in [0.25, 0.3) is 11.8 Å². The number of amides is 2. The van der Waals surface area contributed by atoms with Crippen LogP contribution in [0.1, 0.15) is 57.7 Å². The summed E-state index contributed by atoms with van der Waals surface area (Å²) in [6.07, 6.45) is 6.25. The predicted molar refractivity (Wildman–Crippen MR) is 123 cm³/mol. The van der Waals surface area contributed by atoms with Gasteiger partial charge in [-0.25, -0.2) is 0 Å². The number of carbonyl (C=O) groups is 2. The molecule has 4 heterocycles. The summed E-state index contributed by atoms with van der Waals surface area (Å²) in [7, 11) is 0. The summed E-state index contributed by atoms with van der Waals surface area (Å²) in [6, 6.07) is 5.98. The van der Waals surface area contributed by atoms with Crippen molar-refractivity contribution in [1.29, 1.82) is 0 Å². The molecule has 2 amide bonds. The Morgan fingerprint density at radius 3 is 2.65 bits per heavy atom. The van der Waals surface area contributed by atoms with Crippen LogP contribution in [-0.2, 0) is 11.2 Å². The standard InChI is InChI=1S/C25H30N4O2/c1-16-7-8-20-18(14-16)19(24(30)27-20)15-22-17(2)23-21(26-22)6-5-11-29(25(23)31)13-12-28-9-3-4-10-28/h7-8,14-15,26H,3-6,9-13H2,1-2H3,(H,27,30)/b19-15-. The second-order valence-electron chi connectivity index (χ2n) is 9.02. The van der Waals surface area contributed by atoms with E-state index in [-0.39, 0.29) is 11.8 Å². The van der Waals surface area contributed by atoms with Crippen molar-refractivity contribution >= 4 is 29.2 Å². The summed E-state index contributed by atoms with van der Waals surface area (Å²) in [6.45, 7) is 8.87. The molecule has 1 aromatic carbocycles. The van der Waals surface area contributed by atoms with E-state index in [9.17, 15) is 9.59 Å². The van der Waals surface area contributed by atoms with Crippen LogP contribution in [0.3, 0.4) is 0 Å². The number of nitrogens with one attached hydrogen (secondary N) is 2. The van der Waals surface area contributed by atoms with E-state index in [0.29, 0.717) is 5.57 Å². The van der Waals surface area contributed by atoms with Gasteiger partial charge < -0.3 is 20.1 Å². The fraction of sp³-hybridized carbons (Fsp3) is 0.440. The zero-order valence-electron chi connectivity index (χ0n) is 18.4. The highest BCUT2D eigenvalue weighted by Crippen LogP contribution is 2.35. The minimum atomic E-state index is -0.0941. The summed E-state index contributed by atoms with van der Waals surface area (Å²) in [5, 5.41) is 2.94. The first-order chi connectivity index (χ1) is 15.0. The van der Waals surface area contributed by atoms with Crippen molar-refractivity contribution in [2.45, 2.75) is 39.5 Å². The van der Waals surface area contributed by atoms with Gasteiger partial charge in [0.05, 0.1) is 11.1 Å². The Kier molecular flexibility index (Phi) is 5.18.